The average molecular weight is 625 g/mol. The zero-order valence-electron chi connectivity index (χ0n) is 23.2. The number of likely N-dealkylation sites (N-methyl/N-ethyl adjacent to an activating group) is 1. The van der Waals surface area contributed by atoms with Crippen molar-refractivity contribution >= 4 is 50.7 Å². The first kappa shape index (κ1) is 31.1. The third-order valence-corrected chi connectivity index (χ3v) is 9.09. The van der Waals surface area contributed by atoms with Crippen molar-refractivity contribution in [3.63, 3.8) is 0 Å². The van der Waals surface area contributed by atoms with E-state index in [9.17, 15) is 18.0 Å². The van der Waals surface area contributed by atoms with Gasteiger partial charge in [0.25, 0.3) is 10.0 Å². The number of carbonyl (C=O) groups is 2. The van der Waals surface area contributed by atoms with Gasteiger partial charge < -0.3 is 10.2 Å². The van der Waals surface area contributed by atoms with Gasteiger partial charge in [-0.3, -0.25) is 13.9 Å². The van der Waals surface area contributed by atoms with Crippen LogP contribution >= 0.6 is 23.2 Å². The molecule has 0 aliphatic heterocycles. The summed E-state index contributed by atoms with van der Waals surface area (Å²) in [4.78, 5) is 29.0. The Kier molecular flexibility index (Phi) is 10.3. The molecular weight excluding hydrogens is 593 g/mol. The first-order chi connectivity index (χ1) is 20.1. The van der Waals surface area contributed by atoms with Crippen LogP contribution in [0.1, 0.15) is 16.7 Å². The number of nitrogens with zero attached hydrogens (tertiary/aromatic N) is 2. The summed E-state index contributed by atoms with van der Waals surface area (Å²) in [6.07, 6.45) is 0.227. The van der Waals surface area contributed by atoms with Gasteiger partial charge in [-0.05, 0) is 48.4 Å². The summed E-state index contributed by atoms with van der Waals surface area (Å²) >= 11 is 12.6. The number of rotatable bonds is 11. The van der Waals surface area contributed by atoms with Crippen molar-refractivity contribution in [2.24, 2.45) is 0 Å². The van der Waals surface area contributed by atoms with Gasteiger partial charge in [-0.1, -0.05) is 102 Å². The summed E-state index contributed by atoms with van der Waals surface area (Å²) in [6.45, 7) is 1.43. The lowest BCUT2D eigenvalue weighted by Crippen LogP contribution is -2.53. The highest BCUT2D eigenvalue weighted by Gasteiger charge is 2.35. The Hall–Kier alpha value is -3.85. The van der Waals surface area contributed by atoms with E-state index in [2.05, 4.69) is 5.32 Å². The van der Waals surface area contributed by atoms with Gasteiger partial charge >= 0.3 is 0 Å². The maximum Gasteiger partial charge on any atom is 0.264 e. The van der Waals surface area contributed by atoms with E-state index in [1.165, 1.54) is 42.3 Å². The average Bonchev–Trinajstić information content (AvgIpc) is 2.99. The van der Waals surface area contributed by atoms with Gasteiger partial charge in [0, 0.05) is 25.0 Å². The fourth-order valence-electron chi connectivity index (χ4n) is 4.53. The molecule has 0 aliphatic carbocycles. The number of amides is 2. The van der Waals surface area contributed by atoms with Crippen molar-refractivity contribution in [1.29, 1.82) is 0 Å². The standard InChI is InChI=1S/C32H31Cl2N3O4S/c1-23-13-15-25(16-14-23)21-36(30(32(39)35-2)19-24-9-5-3-6-10-24)31(38)22-37(29-18-17-26(33)20-28(29)34)42(40,41)27-11-7-4-8-12-27/h3-18,20,30H,19,21-22H2,1-2H3,(H,35,39). The molecule has 0 bridgehead atoms. The summed E-state index contributed by atoms with van der Waals surface area (Å²) in [6, 6.07) is 28.2. The Labute approximate surface area is 256 Å². The molecule has 218 valence electrons. The molecule has 0 radical (unpaired) electrons. The van der Waals surface area contributed by atoms with Crippen LogP contribution in [0.4, 0.5) is 5.69 Å². The molecule has 4 rings (SSSR count). The maximum absolute atomic E-state index is 14.3. The Bertz CT molecular complexity index is 1630. The minimum atomic E-state index is -4.25. The molecule has 0 spiro atoms. The number of nitrogens with one attached hydrogen (secondary N) is 1. The van der Waals surface area contributed by atoms with E-state index >= 15 is 0 Å². The molecule has 42 heavy (non-hydrogen) atoms. The van der Waals surface area contributed by atoms with Gasteiger partial charge in [0.05, 0.1) is 15.6 Å². The molecule has 4 aromatic rings. The molecule has 0 aliphatic rings. The minimum Gasteiger partial charge on any atom is -0.357 e. The van der Waals surface area contributed by atoms with Crippen molar-refractivity contribution in [2.45, 2.75) is 30.8 Å². The second-order valence-electron chi connectivity index (χ2n) is 9.75. The largest absolute Gasteiger partial charge is 0.357 e. The van der Waals surface area contributed by atoms with E-state index in [4.69, 9.17) is 23.2 Å². The molecule has 1 unspecified atom stereocenters. The summed E-state index contributed by atoms with van der Waals surface area (Å²) in [7, 11) is -2.74. The molecule has 0 aromatic heterocycles. The molecule has 1 N–H and O–H groups in total. The van der Waals surface area contributed by atoms with Gasteiger partial charge in [-0.15, -0.1) is 0 Å². The van der Waals surface area contributed by atoms with Crippen molar-refractivity contribution in [3.05, 3.63) is 130 Å². The van der Waals surface area contributed by atoms with E-state index < -0.39 is 28.5 Å². The highest BCUT2D eigenvalue weighted by Crippen LogP contribution is 2.33. The Morgan fingerprint density at radius 3 is 2.05 bits per heavy atom. The smallest absolute Gasteiger partial charge is 0.264 e. The molecular formula is C32H31Cl2N3O4S. The third kappa shape index (κ3) is 7.50. The predicted molar refractivity (Wildman–Crippen MR) is 167 cm³/mol. The molecule has 1 atom stereocenters. The lowest BCUT2D eigenvalue weighted by molar-refractivity contribution is -0.139. The lowest BCUT2D eigenvalue weighted by atomic mass is 10.0. The third-order valence-electron chi connectivity index (χ3n) is 6.78. The monoisotopic (exact) mass is 623 g/mol. The van der Waals surface area contributed by atoms with Crippen LogP contribution in [-0.2, 0) is 32.6 Å². The van der Waals surface area contributed by atoms with E-state index in [0.717, 1.165) is 21.0 Å². The quantitative estimate of drug-likeness (QED) is 0.226. The second kappa shape index (κ2) is 13.9. The molecule has 0 saturated heterocycles. The predicted octanol–water partition coefficient (Wildman–Crippen LogP) is 5.88. The normalized spacial score (nSPS) is 11.9. The van der Waals surface area contributed by atoms with Crippen molar-refractivity contribution in [1.82, 2.24) is 10.2 Å². The Morgan fingerprint density at radius 2 is 1.45 bits per heavy atom. The van der Waals surface area contributed by atoms with E-state index in [1.54, 1.807) is 18.2 Å². The lowest BCUT2D eigenvalue weighted by Gasteiger charge is -2.33. The zero-order valence-corrected chi connectivity index (χ0v) is 25.5. The van der Waals surface area contributed by atoms with Crippen LogP contribution in [0.5, 0.6) is 0 Å². The van der Waals surface area contributed by atoms with Gasteiger partial charge in [-0.2, -0.15) is 0 Å². The van der Waals surface area contributed by atoms with Crippen LogP contribution in [0.2, 0.25) is 10.0 Å². The van der Waals surface area contributed by atoms with Gasteiger partial charge in [-0.25, -0.2) is 8.42 Å². The van der Waals surface area contributed by atoms with Crippen LogP contribution in [0, 0.1) is 6.92 Å². The molecule has 10 heteroatoms. The second-order valence-corrected chi connectivity index (χ2v) is 12.5. The Balaban J connectivity index is 1.80. The molecule has 0 saturated carbocycles. The summed E-state index contributed by atoms with van der Waals surface area (Å²) in [5.41, 5.74) is 2.77. The number of halogens is 2. The van der Waals surface area contributed by atoms with E-state index in [0.29, 0.717) is 5.02 Å². The molecule has 7 nitrogen and oxygen atoms in total. The van der Waals surface area contributed by atoms with Crippen LogP contribution < -0.4 is 9.62 Å². The van der Waals surface area contributed by atoms with Crippen LogP contribution in [0.25, 0.3) is 0 Å². The van der Waals surface area contributed by atoms with Gasteiger partial charge in [0.1, 0.15) is 12.6 Å². The minimum absolute atomic E-state index is 0.0129. The van der Waals surface area contributed by atoms with Crippen molar-refractivity contribution < 1.29 is 18.0 Å². The van der Waals surface area contributed by atoms with Crippen LogP contribution in [-0.4, -0.2) is 44.8 Å². The van der Waals surface area contributed by atoms with E-state index in [-0.39, 0.29) is 34.5 Å². The summed E-state index contributed by atoms with van der Waals surface area (Å²) < 4.78 is 28.9. The number of anilines is 1. The number of hydrogen-bond donors (Lipinski definition) is 1. The first-order valence-electron chi connectivity index (χ1n) is 13.2. The number of benzene rings is 4. The van der Waals surface area contributed by atoms with Crippen molar-refractivity contribution in [3.8, 4) is 0 Å². The summed E-state index contributed by atoms with van der Waals surface area (Å²) in [5, 5.41) is 3.05. The topological polar surface area (TPSA) is 86.8 Å². The number of sulfonamides is 1. The highest BCUT2D eigenvalue weighted by molar-refractivity contribution is 7.92. The summed E-state index contributed by atoms with van der Waals surface area (Å²) in [5.74, 6) is -0.952. The van der Waals surface area contributed by atoms with Crippen LogP contribution in [0.15, 0.2) is 108 Å². The number of carbonyl (C=O) groups excluding carboxylic acids is 2. The zero-order chi connectivity index (χ0) is 30.3. The van der Waals surface area contributed by atoms with Gasteiger partial charge in [0.15, 0.2) is 0 Å². The SMILES string of the molecule is CNC(=O)C(Cc1ccccc1)N(Cc1ccc(C)cc1)C(=O)CN(c1ccc(Cl)cc1Cl)S(=O)(=O)c1ccccc1. The van der Waals surface area contributed by atoms with Crippen LogP contribution in [0.3, 0.4) is 0 Å². The fourth-order valence-corrected chi connectivity index (χ4v) is 6.54. The maximum atomic E-state index is 14.3. The molecule has 2 amide bonds. The molecule has 0 fully saturated rings. The van der Waals surface area contributed by atoms with Crippen molar-refractivity contribution in [2.75, 3.05) is 17.9 Å². The molecule has 0 heterocycles. The van der Waals surface area contributed by atoms with Gasteiger partial charge in [0.2, 0.25) is 11.8 Å². The number of aryl methyl sites for hydroxylation is 1. The highest BCUT2D eigenvalue weighted by atomic mass is 35.5. The fraction of sp³-hybridized carbons (Fsp3) is 0.188. The Morgan fingerprint density at radius 1 is 0.833 bits per heavy atom. The van der Waals surface area contributed by atoms with E-state index in [1.807, 2.05) is 61.5 Å². The number of hydrogen-bond acceptors (Lipinski definition) is 4. The molecule has 4 aromatic carbocycles. The first-order valence-corrected chi connectivity index (χ1v) is 15.4.